The lowest BCUT2D eigenvalue weighted by molar-refractivity contribution is -0.144. The normalized spacial score (nSPS) is 11.7. The lowest BCUT2D eigenvalue weighted by Crippen LogP contribution is -2.43. The van der Waals surface area contributed by atoms with Crippen LogP contribution < -0.4 is 9.47 Å². The Hall–Kier alpha value is -6.18. The predicted molar refractivity (Wildman–Crippen MR) is 218 cm³/mol. The SMILES string of the molecule is COC(=O)C(C)N1C(=O)c2ccc(C(C)=O)cc2C1=O.COC(=O)CCCCCCCCC(C)=O.COC(=O)c1ccc(OCCCOc2ccc(C(C)=O)cc2)cc1. The van der Waals surface area contributed by atoms with Gasteiger partial charge in [0.2, 0.25) is 0 Å². The molecule has 1 unspecified atom stereocenters. The number of esters is 3. The average molecular weight is 818 g/mol. The molecule has 3 aromatic rings. The quantitative estimate of drug-likeness (QED) is 0.0360. The molecule has 4 rings (SSSR count). The summed E-state index contributed by atoms with van der Waals surface area (Å²) in [6, 6.07) is 17.1. The number of Topliss-reactive ketones (excluding diaryl/α,β-unsaturated/α-hetero) is 3. The number of nitrogens with zero attached hydrogens (tertiary/aromatic N) is 1. The first-order valence-corrected chi connectivity index (χ1v) is 19.4. The Morgan fingerprint density at radius 3 is 1.49 bits per heavy atom. The molecule has 0 saturated heterocycles. The molecule has 14 nitrogen and oxygen atoms in total. The van der Waals surface area contributed by atoms with E-state index in [9.17, 15) is 38.4 Å². The second-order valence-electron chi connectivity index (χ2n) is 13.5. The highest BCUT2D eigenvalue weighted by Gasteiger charge is 2.41. The largest absolute Gasteiger partial charge is 0.493 e. The molecule has 318 valence electrons. The van der Waals surface area contributed by atoms with Gasteiger partial charge in [-0.05, 0) is 101 Å². The van der Waals surface area contributed by atoms with E-state index in [4.69, 9.17) is 9.47 Å². The number of rotatable bonds is 20. The van der Waals surface area contributed by atoms with Crippen LogP contribution in [-0.4, -0.2) is 92.6 Å². The molecule has 1 aliphatic heterocycles. The van der Waals surface area contributed by atoms with Crippen LogP contribution in [-0.2, 0) is 28.6 Å². The Labute approximate surface area is 345 Å². The molecule has 0 radical (unpaired) electrons. The van der Waals surface area contributed by atoms with E-state index in [1.54, 1.807) is 55.5 Å². The summed E-state index contributed by atoms with van der Waals surface area (Å²) in [5.41, 5.74) is 1.83. The molecular weight excluding hydrogens is 762 g/mol. The molecule has 1 heterocycles. The van der Waals surface area contributed by atoms with Crippen LogP contribution in [0.4, 0.5) is 0 Å². The molecule has 1 atom stereocenters. The summed E-state index contributed by atoms with van der Waals surface area (Å²) in [6.07, 6.45) is 8.39. The van der Waals surface area contributed by atoms with Gasteiger partial charge in [-0.15, -0.1) is 0 Å². The zero-order chi connectivity index (χ0) is 43.9. The third-order valence-electron chi connectivity index (χ3n) is 9.00. The van der Waals surface area contributed by atoms with Crippen molar-refractivity contribution in [2.45, 2.75) is 91.5 Å². The van der Waals surface area contributed by atoms with Gasteiger partial charge in [0.25, 0.3) is 11.8 Å². The highest BCUT2D eigenvalue weighted by Crippen LogP contribution is 2.26. The molecule has 0 spiro atoms. The van der Waals surface area contributed by atoms with Crippen LogP contribution in [0.1, 0.15) is 137 Å². The van der Waals surface area contributed by atoms with Crippen LogP contribution in [0.3, 0.4) is 0 Å². The number of methoxy groups -OCH3 is 3. The number of benzene rings is 3. The van der Waals surface area contributed by atoms with Gasteiger partial charge in [-0.1, -0.05) is 31.7 Å². The van der Waals surface area contributed by atoms with E-state index in [0.717, 1.165) is 49.2 Å². The topological polar surface area (TPSA) is 186 Å². The number of carbonyl (C=O) groups excluding carboxylic acids is 8. The molecule has 0 fully saturated rings. The Morgan fingerprint density at radius 1 is 0.542 bits per heavy atom. The number of amides is 2. The fourth-order valence-electron chi connectivity index (χ4n) is 5.59. The van der Waals surface area contributed by atoms with Crippen LogP contribution in [0.25, 0.3) is 0 Å². The molecule has 3 aromatic carbocycles. The Bertz CT molecular complexity index is 1900. The van der Waals surface area contributed by atoms with Crippen LogP contribution in [0.2, 0.25) is 0 Å². The number of ketones is 3. The summed E-state index contributed by atoms with van der Waals surface area (Å²) in [4.78, 5) is 92.0. The molecule has 1 aliphatic rings. The monoisotopic (exact) mass is 817 g/mol. The van der Waals surface area contributed by atoms with E-state index in [2.05, 4.69) is 14.2 Å². The van der Waals surface area contributed by atoms with Gasteiger partial charge in [0.1, 0.15) is 23.3 Å². The summed E-state index contributed by atoms with van der Waals surface area (Å²) < 4.78 is 24.9. The van der Waals surface area contributed by atoms with E-state index >= 15 is 0 Å². The van der Waals surface area contributed by atoms with Gasteiger partial charge in [-0.2, -0.15) is 0 Å². The maximum absolute atomic E-state index is 12.2. The van der Waals surface area contributed by atoms with Crippen molar-refractivity contribution >= 4 is 47.1 Å². The van der Waals surface area contributed by atoms with Crippen molar-refractivity contribution in [2.24, 2.45) is 0 Å². The van der Waals surface area contributed by atoms with E-state index in [1.807, 2.05) is 0 Å². The fraction of sp³-hybridized carbons (Fsp3) is 0.422. The predicted octanol–water partition coefficient (Wildman–Crippen LogP) is 7.44. The van der Waals surface area contributed by atoms with E-state index < -0.39 is 23.8 Å². The average Bonchev–Trinajstić information content (AvgIpc) is 3.49. The summed E-state index contributed by atoms with van der Waals surface area (Å²) in [5.74, 6) is -0.787. The maximum atomic E-state index is 12.2. The summed E-state index contributed by atoms with van der Waals surface area (Å²) in [6.45, 7) is 6.97. The zero-order valence-electron chi connectivity index (χ0n) is 35.0. The first kappa shape index (κ1) is 49.0. The third-order valence-corrected chi connectivity index (χ3v) is 9.00. The molecule has 0 bridgehead atoms. The highest BCUT2D eigenvalue weighted by molar-refractivity contribution is 6.23. The smallest absolute Gasteiger partial charge is 0.337 e. The molecule has 0 aliphatic carbocycles. The first-order chi connectivity index (χ1) is 28.1. The van der Waals surface area contributed by atoms with E-state index in [-0.39, 0.29) is 40.4 Å². The van der Waals surface area contributed by atoms with Gasteiger partial charge in [-0.3, -0.25) is 28.9 Å². The van der Waals surface area contributed by atoms with Crippen molar-refractivity contribution in [3.05, 3.63) is 94.5 Å². The summed E-state index contributed by atoms with van der Waals surface area (Å²) >= 11 is 0. The minimum Gasteiger partial charge on any atom is -0.493 e. The minimum atomic E-state index is -1.01. The van der Waals surface area contributed by atoms with Gasteiger partial charge in [-0.25, -0.2) is 9.59 Å². The second-order valence-corrected chi connectivity index (χ2v) is 13.5. The maximum Gasteiger partial charge on any atom is 0.337 e. The number of carbonyl (C=O) groups is 8. The van der Waals surface area contributed by atoms with Crippen molar-refractivity contribution in [1.82, 2.24) is 4.90 Å². The van der Waals surface area contributed by atoms with Gasteiger partial charge >= 0.3 is 17.9 Å². The minimum absolute atomic E-state index is 0.0353. The van der Waals surface area contributed by atoms with Crippen molar-refractivity contribution in [3.8, 4) is 11.5 Å². The highest BCUT2D eigenvalue weighted by atomic mass is 16.5. The number of ether oxygens (including phenoxy) is 5. The molecule has 0 N–H and O–H groups in total. The van der Waals surface area contributed by atoms with Crippen LogP contribution in [0.5, 0.6) is 11.5 Å². The Morgan fingerprint density at radius 2 is 1.02 bits per heavy atom. The third kappa shape index (κ3) is 16.7. The van der Waals surface area contributed by atoms with Crippen molar-refractivity contribution in [1.29, 1.82) is 0 Å². The molecule has 0 aromatic heterocycles. The Kier molecular flexibility index (Phi) is 21.5. The molecule has 59 heavy (non-hydrogen) atoms. The summed E-state index contributed by atoms with van der Waals surface area (Å²) in [7, 11) is 3.95. The number of unbranched alkanes of at least 4 members (excludes halogenated alkanes) is 5. The van der Waals surface area contributed by atoms with Gasteiger partial charge in [0, 0.05) is 30.4 Å². The number of imide groups is 1. The Balaban J connectivity index is 0.000000314. The number of hydrogen-bond acceptors (Lipinski definition) is 13. The number of fused-ring (bicyclic) bond motifs is 1. The van der Waals surface area contributed by atoms with Crippen LogP contribution >= 0.6 is 0 Å². The van der Waals surface area contributed by atoms with E-state index in [1.165, 1.54) is 60.3 Å². The molecule has 0 saturated carbocycles. The summed E-state index contributed by atoms with van der Waals surface area (Å²) in [5, 5.41) is 0. The van der Waals surface area contributed by atoms with Crippen molar-refractivity contribution in [3.63, 3.8) is 0 Å². The van der Waals surface area contributed by atoms with Crippen molar-refractivity contribution in [2.75, 3.05) is 34.5 Å². The van der Waals surface area contributed by atoms with Gasteiger partial charge in [0.05, 0.1) is 51.2 Å². The number of hydrogen-bond donors (Lipinski definition) is 0. The van der Waals surface area contributed by atoms with Crippen LogP contribution in [0, 0.1) is 0 Å². The van der Waals surface area contributed by atoms with Crippen LogP contribution in [0.15, 0.2) is 66.7 Å². The van der Waals surface area contributed by atoms with E-state index in [0.29, 0.717) is 54.9 Å². The fourth-order valence-corrected chi connectivity index (χ4v) is 5.59. The lowest BCUT2D eigenvalue weighted by atomic mass is 10.0. The van der Waals surface area contributed by atoms with Gasteiger partial charge in [0.15, 0.2) is 11.6 Å². The molecule has 14 heteroatoms. The second kappa shape index (κ2) is 25.9. The molecule has 2 amide bonds. The standard InChI is InChI=1S/C19H20O5.C14H13NO5.C12H22O3/c1-14(20)15-4-8-17(9-5-15)23-12-3-13-24-18-10-6-16(7-11-18)19(21)22-2;1-7(14(19)20-3)15-12(17)10-5-4-9(8(2)16)6-11(10)13(15)18;1-11(13)9-7-5-3-4-6-8-10-12(14)15-2/h4-11H,3,12-13H2,1-2H3;4-7H,1-3H3;3-10H2,1-2H3. The zero-order valence-corrected chi connectivity index (χ0v) is 35.0. The van der Waals surface area contributed by atoms with Crippen molar-refractivity contribution < 1.29 is 62.0 Å². The lowest BCUT2D eigenvalue weighted by Gasteiger charge is -2.19. The van der Waals surface area contributed by atoms with Gasteiger partial charge < -0.3 is 28.5 Å². The first-order valence-electron chi connectivity index (χ1n) is 19.4. The molecular formula is C45H55NO13.